The number of hydrogen-bond acceptors (Lipinski definition) is 3. The van der Waals surface area contributed by atoms with Crippen molar-refractivity contribution in [3.63, 3.8) is 0 Å². The van der Waals surface area contributed by atoms with Gasteiger partial charge < -0.3 is 10.1 Å². The Morgan fingerprint density at radius 3 is 2.50 bits per heavy atom. The number of anilines is 1. The van der Waals surface area contributed by atoms with Gasteiger partial charge in [-0.15, -0.1) is 0 Å². The van der Waals surface area contributed by atoms with E-state index >= 15 is 0 Å². The summed E-state index contributed by atoms with van der Waals surface area (Å²) in [6.45, 7) is 4.56. The first-order valence-electron chi connectivity index (χ1n) is 8.67. The number of halogens is 1. The number of aryl methyl sites for hydroxylation is 1. The van der Waals surface area contributed by atoms with E-state index in [1.54, 1.807) is 18.2 Å². The van der Waals surface area contributed by atoms with Gasteiger partial charge in [0.1, 0.15) is 5.75 Å². The average Bonchev–Trinajstić information content (AvgIpc) is 2.63. The first-order valence-corrected chi connectivity index (χ1v) is 9.45. The van der Waals surface area contributed by atoms with Crippen LogP contribution in [0.1, 0.15) is 42.6 Å². The van der Waals surface area contributed by atoms with E-state index < -0.39 is 0 Å². The standard InChI is InChI=1S/C20H23ClN2O2S/c1-3-5-6-14-7-10-16(11-8-14)22-20(26)23-19(24)15-9-12-18(25-4-2)17(21)13-15/h7-13H,3-6H2,1-2H3,(H2,22,23,24,26). The van der Waals surface area contributed by atoms with Crippen LogP contribution in [-0.2, 0) is 6.42 Å². The van der Waals surface area contributed by atoms with Gasteiger partial charge >= 0.3 is 0 Å². The third kappa shape index (κ3) is 6.00. The molecule has 2 N–H and O–H groups in total. The van der Waals surface area contributed by atoms with Gasteiger partial charge in [-0.3, -0.25) is 10.1 Å². The van der Waals surface area contributed by atoms with Crippen molar-refractivity contribution in [2.75, 3.05) is 11.9 Å². The molecule has 0 aliphatic rings. The van der Waals surface area contributed by atoms with E-state index in [0.29, 0.717) is 22.9 Å². The highest BCUT2D eigenvalue weighted by Crippen LogP contribution is 2.25. The Labute approximate surface area is 164 Å². The zero-order chi connectivity index (χ0) is 18.9. The molecule has 0 saturated heterocycles. The molecule has 0 aromatic heterocycles. The lowest BCUT2D eigenvalue weighted by Crippen LogP contribution is -2.34. The van der Waals surface area contributed by atoms with Crippen molar-refractivity contribution in [2.45, 2.75) is 33.1 Å². The fourth-order valence-corrected chi connectivity index (χ4v) is 2.83. The number of hydrogen-bond donors (Lipinski definition) is 2. The van der Waals surface area contributed by atoms with Crippen LogP contribution in [0.15, 0.2) is 42.5 Å². The second-order valence-corrected chi connectivity index (χ2v) is 6.60. The van der Waals surface area contributed by atoms with Gasteiger partial charge in [-0.1, -0.05) is 37.1 Å². The number of thiocarbonyl (C=S) groups is 1. The molecule has 0 unspecified atom stereocenters. The van der Waals surface area contributed by atoms with Crippen LogP contribution in [0.2, 0.25) is 5.02 Å². The van der Waals surface area contributed by atoms with E-state index in [-0.39, 0.29) is 11.0 Å². The van der Waals surface area contributed by atoms with E-state index in [2.05, 4.69) is 29.7 Å². The summed E-state index contributed by atoms with van der Waals surface area (Å²) >= 11 is 11.3. The molecule has 0 spiro atoms. The molecular formula is C20H23ClN2O2S. The molecule has 4 nitrogen and oxygen atoms in total. The number of ether oxygens (including phenoxy) is 1. The third-order valence-electron chi connectivity index (χ3n) is 3.75. The number of amides is 1. The maximum atomic E-state index is 12.3. The van der Waals surface area contributed by atoms with E-state index in [1.165, 1.54) is 18.4 Å². The molecular weight excluding hydrogens is 368 g/mol. The molecule has 2 aromatic carbocycles. The summed E-state index contributed by atoms with van der Waals surface area (Å²) in [5.41, 5.74) is 2.54. The topological polar surface area (TPSA) is 50.4 Å². The Hall–Kier alpha value is -2.11. The van der Waals surface area contributed by atoms with Crippen molar-refractivity contribution < 1.29 is 9.53 Å². The Kier molecular flexibility index (Phi) is 7.88. The van der Waals surface area contributed by atoms with Gasteiger partial charge in [-0.25, -0.2) is 0 Å². The van der Waals surface area contributed by atoms with Crippen molar-refractivity contribution >= 4 is 40.5 Å². The molecule has 2 rings (SSSR count). The summed E-state index contributed by atoms with van der Waals surface area (Å²) in [6, 6.07) is 12.9. The fourth-order valence-electron chi connectivity index (χ4n) is 2.39. The third-order valence-corrected chi connectivity index (χ3v) is 4.25. The Balaban J connectivity index is 1.92. The summed E-state index contributed by atoms with van der Waals surface area (Å²) in [5, 5.41) is 6.30. The summed E-state index contributed by atoms with van der Waals surface area (Å²) < 4.78 is 5.36. The van der Waals surface area contributed by atoms with Crippen molar-refractivity contribution in [3.8, 4) is 5.75 Å². The highest BCUT2D eigenvalue weighted by Gasteiger charge is 2.11. The molecule has 2 aromatic rings. The summed E-state index contributed by atoms with van der Waals surface area (Å²) in [5.74, 6) is 0.224. The highest BCUT2D eigenvalue weighted by molar-refractivity contribution is 7.80. The van der Waals surface area contributed by atoms with Crippen LogP contribution in [0.5, 0.6) is 5.75 Å². The maximum Gasteiger partial charge on any atom is 0.257 e. The number of benzene rings is 2. The van der Waals surface area contributed by atoms with Crippen LogP contribution in [0.3, 0.4) is 0 Å². The zero-order valence-corrected chi connectivity index (χ0v) is 16.5. The number of unbranched alkanes of at least 4 members (excludes halogenated alkanes) is 1. The molecule has 0 atom stereocenters. The second kappa shape index (κ2) is 10.1. The normalized spacial score (nSPS) is 10.3. The van der Waals surface area contributed by atoms with Crippen LogP contribution < -0.4 is 15.4 Å². The largest absolute Gasteiger partial charge is 0.492 e. The molecule has 0 fully saturated rings. The highest BCUT2D eigenvalue weighted by atomic mass is 35.5. The van der Waals surface area contributed by atoms with Gasteiger partial charge in [0.15, 0.2) is 5.11 Å². The summed E-state index contributed by atoms with van der Waals surface area (Å²) in [4.78, 5) is 12.3. The van der Waals surface area contributed by atoms with Crippen LogP contribution in [-0.4, -0.2) is 17.6 Å². The van der Waals surface area contributed by atoms with E-state index in [9.17, 15) is 4.79 Å². The summed E-state index contributed by atoms with van der Waals surface area (Å²) in [7, 11) is 0. The lowest BCUT2D eigenvalue weighted by atomic mass is 10.1. The van der Waals surface area contributed by atoms with E-state index in [0.717, 1.165) is 12.1 Å². The minimum atomic E-state index is -0.327. The van der Waals surface area contributed by atoms with Crippen LogP contribution in [0.4, 0.5) is 5.69 Å². The van der Waals surface area contributed by atoms with Crippen LogP contribution in [0, 0.1) is 0 Å². The number of rotatable bonds is 7. The molecule has 0 aliphatic carbocycles. The zero-order valence-electron chi connectivity index (χ0n) is 15.0. The number of nitrogens with one attached hydrogen (secondary N) is 2. The van der Waals surface area contributed by atoms with Crippen LogP contribution >= 0.6 is 23.8 Å². The smallest absolute Gasteiger partial charge is 0.257 e. The molecule has 6 heteroatoms. The Bertz CT molecular complexity index is 763. The van der Waals surface area contributed by atoms with Crippen molar-refractivity contribution in [1.82, 2.24) is 5.32 Å². The minimum absolute atomic E-state index is 0.237. The Morgan fingerprint density at radius 1 is 1.15 bits per heavy atom. The predicted molar refractivity (Wildman–Crippen MR) is 111 cm³/mol. The van der Waals surface area contributed by atoms with Gasteiger partial charge in [0.25, 0.3) is 5.91 Å². The SMILES string of the molecule is CCCCc1ccc(NC(=S)NC(=O)c2ccc(OCC)c(Cl)c2)cc1. The molecule has 0 saturated carbocycles. The molecule has 1 amide bonds. The lowest BCUT2D eigenvalue weighted by molar-refractivity contribution is 0.0977. The second-order valence-electron chi connectivity index (χ2n) is 5.79. The van der Waals surface area contributed by atoms with Crippen molar-refractivity contribution in [3.05, 3.63) is 58.6 Å². The van der Waals surface area contributed by atoms with Gasteiger partial charge in [0.05, 0.1) is 11.6 Å². The molecule has 138 valence electrons. The van der Waals surface area contributed by atoms with Gasteiger partial charge in [-0.2, -0.15) is 0 Å². The first-order chi connectivity index (χ1) is 12.5. The van der Waals surface area contributed by atoms with Crippen LogP contribution in [0.25, 0.3) is 0 Å². The average molecular weight is 391 g/mol. The monoisotopic (exact) mass is 390 g/mol. The fraction of sp³-hybridized carbons (Fsp3) is 0.300. The van der Waals surface area contributed by atoms with E-state index in [4.69, 9.17) is 28.6 Å². The van der Waals surface area contributed by atoms with Crippen molar-refractivity contribution in [1.29, 1.82) is 0 Å². The van der Waals surface area contributed by atoms with Gasteiger partial charge in [-0.05, 0) is 67.9 Å². The lowest BCUT2D eigenvalue weighted by Gasteiger charge is -2.11. The molecule has 0 bridgehead atoms. The molecule has 0 radical (unpaired) electrons. The minimum Gasteiger partial charge on any atom is -0.492 e. The molecule has 0 heterocycles. The molecule has 0 aliphatic heterocycles. The number of carbonyl (C=O) groups is 1. The Morgan fingerprint density at radius 2 is 1.88 bits per heavy atom. The number of carbonyl (C=O) groups excluding carboxylic acids is 1. The molecule has 26 heavy (non-hydrogen) atoms. The van der Waals surface area contributed by atoms with Gasteiger partial charge in [0, 0.05) is 11.3 Å². The van der Waals surface area contributed by atoms with Crippen molar-refractivity contribution in [2.24, 2.45) is 0 Å². The maximum absolute atomic E-state index is 12.3. The quantitative estimate of drug-likeness (QED) is 0.637. The van der Waals surface area contributed by atoms with E-state index in [1.807, 2.05) is 19.1 Å². The predicted octanol–water partition coefficient (Wildman–Crippen LogP) is 5.21. The summed E-state index contributed by atoms with van der Waals surface area (Å²) in [6.07, 6.45) is 3.41. The van der Waals surface area contributed by atoms with Gasteiger partial charge in [0.2, 0.25) is 0 Å². The first kappa shape index (κ1) is 20.2.